The molecule has 0 fully saturated rings. The number of carbonyl (C=O) groups excluding carboxylic acids is 1. The monoisotopic (exact) mass is 442 g/mol. The molecule has 0 saturated heterocycles. The first-order valence-electron chi connectivity index (χ1n) is 9.65. The third kappa shape index (κ3) is 6.63. The number of ether oxygens (including phenoxy) is 1. The Hall–Kier alpha value is -3.23. The van der Waals surface area contributed by atoms with Crippen LogP contribution in [-0.4, -0.2) is 20.9 Å². The Balaban J connectivity index is 1.50. The summed E-state index contributed by atoms with van der Waals surface area (Å²) in [6.07, 6.45) is 0. The zero-order valence-electron chi connectivity index (χ0n) is 16.9. The van der Waals surface area contributed by atoms with Gasteiger partial charge < -0.3 is 10.1 Å². The Morgan fingerprint density at radius 3 is 2.26 bits per heavy atom. The van der Waals surface area contributed by atoms with Crippen LogP contribution in [0.25, 0.3) is 0 Å². The number of sulfonamides is 1. The summed E-state index contributed by atoms with van der Waals surface area (Å²) in [5.74, 6) is -0.323. The van der Waals surface area contributed by atoms with Gasteiger partial charge in [-0.3, -0.25) is 4.79 Å². The average Bonchev–Trinajstić information content (AvgIpc) is 2.78. The number of amides is 1. The number of nitrogens with one attached hydrogen (secondary N) is 2. The molecule has 1 atom stereocenters. The van der Waals surface area contributed by atoms with Gasteiger partial charge in [0, 0.05) is 6.54 Å². The van der Waals surface area contributed by atoms with Gasteiger partial charge in [0.1, 0.15) is 11.6 Å². The molecule has 0 radical (unpaired) electrons. The molecule has 0 aliphatic rings. The molecule has 3 rings (SSSR count). The quantitative estimate of drug-likeness (QED) is 0.531. The fraction of sp³-hybridized carbons (Fsp3) is 0.174. The molecule has 0 saturated carbocycles. The van der Waals surface area contributed by atoms with Crippen LogP contribution in [0, 0.1) is 5.82 Å². The van der Waals surface area contributed by atoms with Crippen LogP contribution in [0.5, 0.6) is 5.75 Å². The first-order chi connectivity index (χ1) is 14.8. The van der Waals surface area contributed by atoms with Gasteiger partial charge in [-0.2, -0.15) is 0 Å². The zero-order chi connectivity index (χ0) is 22.3. The van der Waals surface area contributed by atoms with Crippen LogP contribution in [0.4, 0.5) is 4.39 Å². The van der Waals surface area contributed by atoms with E-state index in [1.165, 1.54) is 36.4 Å². The largest absolute Gasteiger partial charge is 0.484 e. The molecule has 1 amide bonds. The lowest BCUT2D eigenvalue weighted by molar-refractivity contribution is -0.123. The van der Waals surface area contributed by atoms with Crippen molar-refractivity contribution >= 4 is 15.9 Å². The molecule has 6 nitrogen and oxygen atoms in total. The van der Waals surface area contributed by atoms with E-state index < -0.39 is 10.0 Å². The Morgan fingerprint density at radius 2 is 1.61 bits per heavy atom. The number of rotatable bonds is 9. The van der Waals surface area contributed by atoms with Crippen molar-refractivity contribution in [3.63, 3.8) is 0 Å². The highest BCUT2D eigenvalue weighted by atomic mass is 32.2. The Bertz CT molecular complexity index is 1100. The maximum absolute atomic E-state index is 13.0. The zero-order valence-corrected chi connectivity index (χ0v) is 17.7. The summed E-state index contributed by atoms with van der Waals surface area (Å²) >= 11 is 0. The van der Waals surface area contributed by atoms with Gasteiger partial charge in [-0.25, -0.2) is 17.5 Å². The molecule has 2 N–H and O–H groups in total. The second-order valence-electron chi connectivity index (χ2n) is 6.91. The summed E-state index contributed by atoms with van der Waals surface area (Å²) in [6.45, 7) is 1.74. The van der Waals surface area contributed by atoms with Crippen LogP contribution in [-0.2, 0) is 21.4 Å². The molecule has 0 spiro atoms. The fourth-order valence-electron chi connectivity index (χ4n) is 2.84. The van der Waals surface area contributed by atoms with E-state index in [2.05, 4.69) is 10.0 Å². The van der Waals surface area contributed by atoms with Crippen molar-refractivity contribution < 1.29 is 22.3 Å². The average molecular weight is 443 g/mol. The second kappa shape index (κ2) is 10.2. The van der Waals surface area contributed by atoms with Gasteiger partial charge in [0.2, 0.25) is 10.0 Å². The summed E-state index contributed by atoms with van der Waals surface area (Å²) in [5, 5.41) is 2.76. The minimum absolute atomic E-state index is 0.102. The summed E-state index contributed by atoms with van der Waals surface area (Å²) in [7, 11) is -3.67. The van der Waals surface area contributed by atoms with Crippen molar-refractivity contribution in [1.82, 2.24) is 10.0 Å². The van der Waals surface area contributed by atoms with Crippen molar-refractivity contribution in [1.29, 1.82) is 0 Å². The standard InChI is InChI=1S/C23H23FN2O4S/c1-17(19-7-9-20(24)10-8-19)26-23(27)16-30-21-11-13-22(14-12-21)31(28,29)25-15-18-5-3-2-4-6-18/h2-14,17,25H,15-16H2,1H3,(H,26,27)/t17-/m0/s1. The molecule has 3 aromatic carbocycles. The van der Waals surface area contributed by atoms with E-state index in [0.29, 0.717) is 5.75 Å². The van der Waals surface area contributed by atoms with Crippen LogP contribution < -0.4 is 14.8 Å². The van der Waals surface area contributed by atoms with E-state index in [1.807, 2.05) is 30.3 Å². The fourth-order valence-corrected chi connectivity index (χ4v) is 3.86. The third-order valence-electron chi connectivity index (χ3n) is 4.56. The normalized spacial score (nSPS) is 12.2. The van der Waals surface area contributed by atoms with Gasteiger partial charge in [-0.05, 0) is 54.4 Å². The van der Waals surface area contributed by atoms with E-state index in [1.54, 1.807) is 19.1 Å². The van der Waals surface area contributed by atoms with Crippen LogP contribution in [0.2, 0.25) is 0 Å². The first-order valence-corrected chi connectivity index (χ1v) is 11.1. The van der Waals surface area contributed by atoms with Gasteiger partial charge >= 0.3 is 0 Å². The highest BCUT2D eigenvalue weighted by molar-refractivity contribution is 7.89. The lowest BCUT2D eigenvalue weighted by atomic mass is 10.1. The van der Waals surface area contributed by atoms with Crippen LogP contribution >= 0.6 is 0 Å². The molecule has 0 heterocycles. The summed E-state index contributed by atoms with van der Waals surface area (Å²) in [5.41, 5.74) is 1.62. The van der Waals surface area contributed by atoms with Crippen molar-refractivity contribution in [2.24, 2.45) is 0 Å². The molecule has 0 aliphatic carbocycles. The predicted octanol–water partition coefficient (Wildman–Crippen LogP) is 3.56. The molecule has 0 aromatic heterocycles. The van der Waals surface area contributed by atoms with E-state index >= 15 is 0 Å². The van der Waals surface area contributed by atoms with Crippen molar-refractivity contribution in [3.05, 3.63) is 95.8 Å². The Labute approximate surface area is 181 Å². The highest BCUT2D eigenvalue weighted by Crippen LogP contribution is 2.17. The van der Waals surface area contributed by atoms with E-state index in [0.717, 1.165) is 11.1 Å². The van der Waals surface area contributed by atoms with Gasteiger partial charge in [0.25, 0.3) is 5.91 Å². The lowest BCUT2D eigenvalue weighted by Crippen LogP contribution is -2.31. The Morgan fingerprint density at radius 1 is 0.968 bits per heavy atom. The SMILES string of the molecule is C[C@H](NC(=O)COc1ccc(S(=O)(=O)NCc2ccccc2)cc1)c1ccc(F)cc1. The minimum atomic E-state index is -3.67. The molecular formula is C23H23FN2O4S. The Kier molecular flexibility index (Phi) is 7.38. The van der Waals surface area contributed by atoms with Gasteiger partial charge in [0.05, 0.1) is 10.9 Å². The number of hydrogen-bond donors (Lipinski definition) is 2. The number of benzene rings is 3. The topological polar surface area (TPSA) is 84.5 Å². The predicted molar refractivity (Wildman–Crippen MR) is 115 cm³/mol. The van der Waals surface area contributed by atoms with Crippen LogP contribution in [0.1, 0.15) is 24.1 Å². The van der Waals surface area contributed by atoms with Gasteiger partial charge in [0.15, 0.2) is 6.61 Å². The molecule has 0 aliphatic heterocycles. The van der Waals surface area contributed by atoms with Crippen molar-refractivity contribution in [3.8, 4) is 5.75 Å². The molecule has 0 unspecified atom stereocenters. The van der Waals surface area contributed by atoms with Crippen molar-refractivity contribution in [2.75, 3.05) is 6.61 Å². The maximum atomic E-state index is 13.0. The van der Waals surface area contributed by atoms with Gasteiger partial charge in [-0.1, -0.05) is 42.5 Å². The third-order valence-corrected chi connectivity index (χ3v) is 5.98. The first kappa shape index (κ1) is 22.5. The summed E-state index contributed by atoms with van der Waals surface area (Å²) in [6, 6.07) is 20.6. The molecule has 3 aromatic rings. The number of halogens is 1. The summed E-state index contributed by atoms with van der Waals surface area (Å²) in [4.78, 5) is 12.2. The number of carbonyl (C=O) groups is 1. The van der Waals surface area contributed by atoms with Crippen molar-refractivity contribution in [2.45, 2.75) is 24.4 Å². The molecule has 8 heteroatoms. The lowest BCUT2D eigenvalue weighted by Gasteiger charge is -2.15. The smallest absolute Gasteiger partial charge is 0.258 e. The van der Waals surface area contributed by atoms with Gasteiger partial charge in [-0.15, -0.1) is 0 Å². The molecular weight excluding hydrogens is 419 g/mol. The highest BCUT2D eigenvalue weighted by Gasteiger charge is 2.14. The van der Waals surface area contributed by atoms with Crippen LogP contribution in [0.15, 0.2) is 83.8 Å². The minimum Gasteiger partial charge on any atom is -0.484 e. The molecule has 0 bridgehead atoms. The number of hydrogen-bond acceptors (Lipinski definition) is 4. The van der Waals surface area contributed by atoms with E-state index in [9.17, 15) is 17.6 Å². The van der Waals surface area contributed by atoms with Crippen LogP contribution in [0.3, 0.4) is 0 Å². The molecule has 162 valence electrons. The maximum Gasteiger partial charge on any atom is 0.258 e. The van der Waals surface area contributed by atoms with E-state index in [-0.39, 0.29) is 35.8 Å². The second-order valence-corrected chi connectivity index (χ2v) is 8.68. The summed E-state index contributed by atoms with van der Waals surface area (Å²) < 4.78 is 45.8. The van der Waals surface area contributed by atoms with E-state index in [4.69, 9.17) is 4.74 Å². The molecule has 31 heavy (non-hydrogen) atoms.